The Kier molecular flexibility index (Phi) is 4.89. The van der Waals surface area contributed by atoms with Crippen molar-refractivity contribution in [2.45, 2.75) is 26.4 Å². The number of halogens is 1. The van der Waals surface area contributed by atoms with E-state index in [1.54, 1.807) is 11.0 Å². The van der Waals surface area contributed by atoms with Crippen molar-refractivity contribution in [3.05, 3.63) is 28.8 Å². The average Bonchev–Trinajstić information content (AvgIpc) is 2.42. The summed E-state index contributed by atoms with van der Waals surface area (Å²) in [6.45, 7) is 5.02. The minimum atomic E-state index is -0.314. The van der Waals surface area contributed by atoms with Gasteiger partial charge in [0.15, 0.2) is 6.61 Å². The molecule has 4 nitrogen and oxygen atoms in total. The molecule has 2 rings (SSSR count). The lowest BCUT2D eigenvalue weighted by Gasteiger charge is -2.34. The molecule has 1 N–H and O–H groups in total. The van der Waals surface area contributed by atoms with Crippen LogP contribution >= 0.6 is 11.6 Å². The minimum Gasteiger partial charge on any atom is -0.482 e. The molecule has 0 saturated carbocycles. The normalized spacial score (nSPS) is 22.7. The number of carbonyl (C=O) groups is 1. The van der Waals surface area contributed by atoms with Gasteiger partial charge in [-0.2, -0.15) is 0 Å². The summed E-state index contributed by atoms with van der Waals surface area (Å²) in [6.07, 6.45) is 0.309. The average molecular weight is 298 g/mol. The number of piperidine rings is 1. The summed E-state index contributed by atoms with van der Waals surface area (Å²) in [5.74, 6) is 0.571. The van der Waals surface area contributed by atoms with E-state index in [2.05, 4.69) is 0 Å². The van der Waals surface area contributed by atoms with Gasteiger partial charge in [0, 0.05) is 13.1 Å². The predicted octanol–water partition coefficient (Wildman–Crippen LogP) is 2.26. The zero-order valence-electron chi connectivity index (χ0n) is 11.8. The first-order chi connectivity index (χ1) is 9.47. The van der Waals surface area contributed by atoms with Gasteiger partial charge in [-0.05, 0) is 37.0 Å². The van der Waals surface area contributed by atoms with Crippen molar-refractivity contribution in [1.29, 1.82) is 0 Å². The molecule has 1 heterocycles. The standard InChI is InChI=1S/C15H20ClNO3/c1-10-3-4-12(16)14(7-10)20-9-15(19)17-6-5-13(18)11(2)8-17/h3-4,7,11,13,18H,5-6,8-9H2,1-2H3. The van der Waals surface area contributed by atoms with Crippen LogP contribution in [0.1, 0.15) is 18.9 Å². The quantitative estimate of drug-likeness (QED) is 0.931. The third-order valence-corrected chi connectivity index (χ3v) is 3.96. The molecule has 110 valence electrons. The Balaban J connectivity index is 1.90. The summed E-state index contributed by atoms with van der Waals surface area (Å²) in [4.78, 5) is 13.8. The summed E-state index contributed by atoms with van der Waals surface area (Å²) < 4.78 is 5.51. The Labute approximate surface area is 124 Å². The van der Waals surface area contributed by atoms with E-state index in [-0.39, 0.29) is 24.5 Å². The van der Waals surface area contributed by atoms with E-state index in [1.807, 2.05) is 26.0 Å². The van der Waals surface area contributed by atoms with Crippen LogP contribution in [0.5, 0.6) is 5.75 Å². The Hall–Kier alpha value is -1.26. The molecule has 1 aliphatic rings. The summed E-state index contributed by atoms with van der Waals surface area (Å²) in [5.41, 5.74) is 1.03. The Morgan fingerprint density at radius 1 is 1.55 bits per heavy atom. The van der Waals surface area contributed by atoms with Crippen LogP contribution in [0.2, 0.25) is 5.02 Å². The van der Waals surface area contributed by atoms with Crippen molar-refractivity contribution < 1.29 is 14.6 Å². The van der Waals surface area contributed by atoms with Gasteiger partial charge in [-0.15, -0.1) is 0 Å². The fourth-order valence-electron chi connectivity index (χ4n) is 2.31. The predicted molar refractivity (Wildman–Crippen MR) is 78.1 cm³/mol. The Morgan fingerprint density at radius 3 is 3.00 bits per heavy atom. The van der Waals surface area contributed by atoms with Gasteiger partial charge in [0.05, 0.1) is 11.1 Å². The summed E-state index contributed by atoms with van der Waals surface area (Å²) >= 11 is 6.02. The molecule has 1 amide bonds. The first-order valence-electron chi connectivity index (χ1n) is 6.82. The van der Waals surface area contributed by atoms with Gasteiger partial charge in [-0.3, -0.25) is 4.79 Å². The number of carbonyl (C=O) groups excluding carboxylic acids is 1. The topological polar surface area (TPSA) is 49.8 Å². The van der Waals surface area contributed by atoms with Crippen LogP contribution in [-0.4, -0.2) is 41.7 Å². The van der Waals surface area contributed by atoms with Gasteiger partial charge in [-0.25, -0.2) is 0 Å². The van der Waals surface area contributed by atoms with E-state index in [1.165, 1.54) is 0 Å². The summed E-state index contributed by atoms with van der Waals surface area (Å²) in [7, 11) is 0. The molecule has 20 heavy (non-hydrogen) atoms. The second-order valence-corrected chi connectivity index (χ2v) is 5.80. The molecule has 0 radical (unpaired) electrons. The van der Waals surface area contributed by atoms with E-state index in [9.17, 15) is 9.90 Å². The zero-order valence-corrected chi connectivity index (χ0v) is 12.6. The number of nitrogens with zero attached hydrogens (tertiary/aromatic N) is 1. The maximum Gasteiger partial charge on any atom is 0.260 e. The molecular weight excluding hydrogens is 278 g/mol. The van der Waals surface area contributed by atoms with E-state index < -0.39 is 0 Å². The molecular formula is C15H20ClNO3. The molecule has 2 atom stereocenters. The van der Waals surface area contributed by atoms with E-state index in [0.29, 0.717) is 30.3 Å². The van der Waals surface area contributed by atoms with Crippen molar-refractivity contribution in [1.82, 2.24) is 4.90 Å². The van der Waals surface area contributed by atoms with Crippen LogP contribution in [0.25, 0.3) is 0 Å². The highest BCUT2D eigenvalue weighted by molar-refractivity contribution is 6.32. The highest BCUT2D eigenvalue weighted by atomic mass is 35.5. The third-order valence-electron chi connectivity index (χ3n) is 3.65. The van der Waals surface area contributed by atoms with Crippen molar-refractivity contribution in [2.75, 3.05) is 19.7 Å². The van der Waals surface area contributed by atoms with Gasteiger partial charge < -0.3 is 14.7 Å². The second-order valence-electron chi connectivity index (χ2n) is 5.40. The highest BCUT2D eigenvalue weighted by Gasteiger charge is 2.27. The van der Waals surface area contributed by atoms with E-state index >= 15 is 0 Å². The summed E-state index contributed by atoms with van der Waals surface area (Å²) in [6, 6.07) is 5.47. The minimum absolute atomic E-state index is 0.0218. The fourth-order valence-corrected chi connectivity index (χ4v) is 2.48. The second kappa shape index (κ2) is 6.46. The number of hydrogen-bond donors (Lipinski definition) is 1. The van der Waals surface area contributed by atoms with Crippen LogP contribution in [0, 0.1) is 12.8 Å². The van der Waals surface area contributed by atoms with E-state index in [0.717, 1.165) is 5.56 Å². The largest absolute Gasteiger partial charge is 0.482 e. The first-order valence-corrected chi connectivity index (χ1v) is 7.20. The molecule has 0 aliphatic carbocycles. The maximum absolute atomic E-state index is 12.1. The van der Waals surface area contributed by atoms with Gasteiger partial charge in [-0.1, -0.05) is 24.6 Å². The van der Waals surface area contributed by atoms with Crippen LogP contribution in [0.3, 0.4) is 0 Å². The van der Waals surface area contributed by atoms with Crippen molar-refractivity contribution in [3.63, 3.8) is 0 Å². The van der Waals surface area contributed by atoms with Crippen LogP contribution in [0.15, 0.2) is 18.2 Å². The lowest BCUT2D eigenvalue weighted by Crippen LogP contribution is -2.46. The number of likely N-dealkylation sites (tertiary alicyclic amines) is 1. The number of rotatable bonds is 3. The Bertz CT molecular complexity index is 492. The van der Waals surface area contributed by atoms with Gasteiger partial charge >= 0.3 is 0 Å². The SMILES string of the molecule is Cc1ccc(Cl)c(OCC(=O)N2CCC(O)C(C)C2)c1. The number of ether oxygens (including phenoxy) is 1. The lowest BCUT2D eigenvalue weighted by molar-refractivity contribution is -0.136. The van der Waals surface area contributed by atoms with Crippen LogP contribution in [0.4, 0.5) is 0 Å². The number of amides is 1. The molecule has 0 spiro atoms. The van der Waals surface area contributed by atoms with Gasteiger partial charge in [0.25, 0.3) is 5.91 Å². The smallest absolute Gasteiger partial charge is 0.260 e. The number of aryl methyl sites for hydroxylation is 1. The number of hydrogen-bond acceptors (Lipinski definition) is 3. The zero-order chi connectivity index (χ0) is 14.7. The van der Waals surface area contributed by atoms with E-state index in [4.69, 9.17) is 16.3 Å². The third kappa shape index (κ3) is 3.64. The van der Waals surface area contributed by atoms with Crippen molar-refractivity contribution in [3.8, 4) is 5.75 Å². The maximum atomic E-state index is 12.1. The number of benzene rings is 1. The number of aliphatic hydroxyl groups excluding tert-OH is 1. The molecule has 1 aromatic carbocycles. The molecule has 0 bridgehead atoms. The molecule has 0 aromatic heterocycles. The Morgan fingerprint density at radius 2 is 2.30 bits per heavy atom. The van der Waals surface area contributed by atoms with Crippen LogP contribution in [-0.2, 0) is 4.79 Å². The molecule has 5 heteroatoms. The molecule has 1 aromatic rings. The lowest BCUT2D eigenvalue weighted by atomic mass is 9.97. The highest BCUT2D eigenvalue weighted by Crippen LogP contribution is 2.25. The molecule has 1 fully saturated rings. The molecule has 2 unspecified atom stereocenters. The van der Waals surface area contributed by atoms with Gasteiger partial charge in [0.2, 0.25) is 0 Å². The molecule has 1 saturated heterocycles. The first kappa shape index (κ1) is 15.1. The monoisotopic (exact) mass is 297 g/mol. The van der Waals surface area contributed by atoms with Crippen molar-refractivity contribution in [2.24, 2.45) is 5.92 Å². The van der Waals surface area contributed by atoms with Crippen LogP contribution < -0.4 is 4.74 Å². The summed E-state index contributed by atoms with van der Waals surface area (Å²) in [5, 5.41) is 10.2. The van der Waals surface area contributed by atoms with Crippen molar-refractivity contribution >= 4 is 17.5 Å². The van der Waals surface area contributed by atoms with Gasteiger partial charge in [0.1, 0.15) is 5.75 Å². The fraction of sp³-hybridized carbons (Fsp3) is 0.533. The molecule has 1 aliphatic heterocycles. The number of aliphatic hydroxyl groups is 1.